The van der Waals surface area contributed by atoms with Crippen LogP contribution in [0, 0.1) is 0 Å². The Morgan fingerprint density at radius 1 is 0.909 bits per heavy atom. The Kier molecular flexibility index (Phi) is 6.69. The topological polar surface area (TPSA) is 71.1 Å². The molecule has 0 N–H and O–H groups in total. The molecule has 22 heavy (non-hydrogen) atoms. The number of carbonyl (C=O) groups is 2. The molecular weight excluding hydrogens is 288 g/mol. The second kappa shape index (κ2) is 8.51. The second-order valence-corrected chi connectivity index (χ2v) is 4.09. The zero-order valence-corrected chi connectivity index (χ0v) is 12.5. The summed E-state index contributed by atoms with van der Waals surface area (Å²) in [4.78, 5) is 22.6. The molecular formula is C16H18O6. The predicted octanol–water partition coefficient (Wildman–Crippen LogP) is 3.71. The average molecular weight is 306 g/mol. The Bertz CT molecular complexity index is 502. The molecule has 1 rings (SSSR count). The van der Waals surface area contributed by atoms with Gasteiger partial charge in [0.1, 0.15) is 12.2 Å². The van der Waals surface area contributed by atoms with Gasteiger partial charge in [0, 0.05) is 11.1 Å². The fourth-order valence-electron chi connectivity index (χ4n) is 1.81. The van der Waals surface area contributed by atoms with Gasteiger partial charge in [-0.25, -0.2) is 9.59 Å². The minimum absolute atomic E-state index is 0.594. The summed E-state index contributed by atoms with van der Waals surface area (Å²) in [5, 5.41) is 0. The van der Waals surface area contributed by atoms with E-state index in [2.05, 4.69) is 22.6 Å². The SMILES string of the molecule is C=CC(OC(=O)OC)c1ccccc1C(C=C)OC(=O)OC. The molecule has 118 valence electrons. The van der Waals surface area contributed by atoms with Crippen molar-refractivity contribution in [3.05, 3.63) is 60.7 Å². The number of hydrogen-bond acceptors (Lipinski definition) is 6. The molecule has 0 heterocycles. The van der Waals surface area contributed by atoms with Crippen LogP contribution in [0.2, 0.25) is 0 Å². The van der Waals surface area contributed by atoms with Crippen molar-refractivity contribution in [3.8, 4) is 0 Å². The van der Waals surface area contributed by atoms with Gasteiger partial charge in [0.2, 0.25) is 0 Å². The molecule has 0 bridgehead atoms. The summed E-state index contributed by atoms with van der Waals surface area (Å²) in [5.41, 5.74) is 1.19. The van der Waals surface area contributed by atoms with Gasteiger partial charge < -0.3 is 18.9 Å². The van der Waals surface area contributed by atoms with Crippen molar-refractivity contribution < 1.29 is 28.5 Å². The van der Waals surface area contributed by atoms with Crippen LogP contribution in [0.4, 0.5) is 9.59 Å². The third kappa shape index (κ3) is 4.37. The molecule has 2 unspecified atom stereocenters. The molecule has 2 atom stereocenters. The smallest absolute Gasteiger partial charge is 0.438 e. The van der Waals surface area contributed by atoms with Gasteiger partial charge in [0.15, 0.2) is 0 Å². The lowest BCUT2D eigenvalue weighted by Gasteiger charge is -2.21. The standard InChI is InChI=1S/C16H18O6/c1-5-13(21-15(17)19-3)11-9-7-8-10-12(11)14(6-2)22-16(18)20-4/h5-10,13-14H,1-2H2,3-4H3. The van der Waals surface area contributed by atoms with Crippen LogP contribution in [0.5, 0.6) is 0 Å². The van der Waals surface area contributed by atoms with E-state index in [0.717, 1.165) is 0 Å². The van der Waals surface area contributed by atoms with E-state index in [1.54, 1.807) is 24.3 Å². The highest BCUT2D eigenvalue weighted by molar-refractivity contribution is 5.61. The van der Waals surface area contributed by atoms with Crippen LogP contribution in [-0.4, -0.2) is 26.5 Å². The van der Waals surface area contributed by atoms with E-state index in [4.69, 9.17) is 9.47 Å². The molecule has 0 aliphatic heterocycles. The molecule has 1 aromatic rings. The van der Waals surface area contributed by atoms with Crippen LogP contribution >= 0.6 is 0 Å². The number of carbonyl (C=O) groups excluding carboxylic acids is 2. The van der Waals surface area contributed by atoms with Crippen molar-refractivity contribution in [1.29, 1.82) is 0 Å². The zero-order valence-electron chi connectivity index (χ0n) is 12.5. The Hall–Kier alpha value is -2.76. The van der Waals surface area contributed by atoms with Crippen molar-refractivity contribution in [2.75, 3.05) is 14.2 Å². The maximum absolute atomic E-state index is 11.3. The largest absolute Gasteiger partial charge is 0.508 e. The first-order valence-corrected chi connectivity index (χ1v) is 6.40. The Morgan fingerprint density at radius 2 is 1.27 bits per heavy atom. The fourth-order valence-corrected chi connectivity index (χ4v) is 1.81. The molecule has 6 nitrogen and oxygen atoms in total. The van der Waals surface area contributed by atoms with Crippen molar-refractivity contribution >= 4 is 12.3 Å². The second-order valence-electron chi connectivity index (χ2n) is 4.09. The number of benzene rings is 1. The molecule has 0 aliphatic carbocycles. The summed E-state index contributed by atoms with van der Waals surface area (Å²) in [6.45, 7) is 7.27. The molecule has 1 aromatic carbocycles. The average Bonchev–Trinajstić information content (AvgIpc) is 2.57. The molecule has 0 amide bonds. The lowest BCUT2D eigenvalue weighted by atomic mass is 9.98. The van der Waals surface area contributed by atoms with Crippen LogP contribution in [-0.2, 0) is 18.9 Å². The fraction of sp³-hybridized carbons (Fsp3) is 0.250. The normalized spacial score (nSPS) is 12.5. The van der Waals surface area contributed by atoms with E-state index in [1.165, 1.54) is 26.4 Å². The van der Waals surface area contributed by atoms with E-state index >= 15 is 0 Å². The van der Waals surface area contributed by atoms with Gasteiger partial charge in [-0.1, -0.05) is 37.4 Å². The van der Waals surface area contributed by atoms with Gasteiger partial charge in [-0.05, 0) is 12.2 Å². The molecule has 6 heteroatoms. The highest BCUT2D eigenvalue weighted by Gasteiger charge is 2.23. The number of ether oxygens (including phenoxy) is 4. The van der Waals surface area contributed by atoms with Crippen molar-refractivity contribution in [2.24, 2.45) is 0 Å². The van der Waals surface area contributed by atoms with Crippen LogP contribution < -0.4 is 0 Å². The van der Waals surface area contributed by atoms with Gasteiger partial charge in [-0.3, -0.25) is 0 Å². The van der Waals surface area contributed by atoms with Gasteiger partial charge in [-0.15, -0.1) is 0 Å². The van der Waals surface area contributed by atoms with Crippen LogP contribution in [0.3, 0.4) is 0 Å². The first-order valence-electron chi connectivity index (χ1n) is 6.40. The molecule has 0 aliphatic rings. The third-order valence-electron chi connectivity index (χ3n) is 2.82. The summed E-state index contributed by atoms with van der Waals surface area (Å²) in [6, 6.07) is 6.96. The lowest BCUT2D eigenvalue weighted by molar-refractivity contribution is 0.0443. The minimum Gasteiger partial charge on any atom is -0.438 e. The number of rotatable bonds is 6. The Balaban J connectivity index is 3.14. The summed E-state index contributed by atoms with van der Waals surface area (Å²) < 4.78 is 19.2. The highest BCUT2D eigenvalue weighted by atomic mass is 16.7. The monoisotopic (exact) mass is 306 g/mol. The maximum atomic E-state index is 11.3. The molecule has 0 radical (unpaired) electrons. The molecule has 0 saturated heterocycles. The quantitative estimate of drug-likeness (QED) is 0.589. The summed E-state index contributed by atoms with van der Waals surface area (Å²) in [7, 11) is 2.42. The van der Waals surface area contributed by atoms with Crippen molar-refractivity contribution in [2.45, 2.75) is 12.2 Å². The minimum atomic E-state index is -0.844. The van der Waals surface area contributed by atoms with Crippen molar-refractivity contribution in [1.82, 2.24) is 0 Å². The lowest BCUT2D eigenvalue weighted by Crippen LogP contribution is -2.15. The number of methoxy groups -OCH3 is 2. The highest BCUT2D eigenvalue weighted by Crippen LogP contribution is 2.30. The molecule has 0 aromatic heterocycles. The zero-order chi connectivity index (χ0) is 16.5. The van der Waals surface area contributed by atoms with E-state index in [0.29, 0.717) is 11.1 Å². The van der Waals surface area contributed by atoms with Gasteiger partial charge >= 0.3 is 12.3 Å². The third-order valence-corrected chi connectivity index (χ3v) is 2.82. The van der Waals surface area contributed by atoms with Crippen LogP contribution in [0.1, 0.15) is 23.3 Å². The summed E-state index contributed by atoms with van der Waals surface area (Å²) in [6.07, 6.45) is -0.325. The Morgan fingerprint density at radius 3 is 1.55 bits per heavy atom. The summed E-state index contributed by atoms with van der Waals surface area (Å²) in [5.74, 6) is 0. The van der Waals surface area contributed by atoms with Crippen LogP contribution in [0.15, 0.2) is 49.6 Å². The molecule has 0 spiro atoms. The van der Waals surface area contributed by atoms with Gasteiger partial charge in [0.25, 0.3) is 0 Å². The first kappa shape index (κ1) is 17.3. The predicted molar refractivity (Wildman–Crippen MR) is 79.3 cm³/mol. The Labute approximate surface area is 128 Å². The summed E-state index contributed by atoms with van der Waals surface area (Å²) >= 11 is 0. The maximum Gasteiger partial charge on any atom is 0.508 e. The van der Waals surface area contributed by atoms with Crippen molar-refractivity contribution in [3.63, 3.8) is 0 Å². The molecule has 0 fully saturated rings. The first-order chi connectivity index (χ1) is 10.6. The van der Waals surface area contributed by atoms with Gasteiger partial charge in [0.05, 0.1) is 14.2 Å². The van der Waals surface area contributed by atoms with E-state index in [1.807, 2.05) is 0 Å². The molecule has 0 saturated carbocycles. The number of hydrogen-bond donors (Lipinski definition) is 0. The van der Waals surface area contributed by atoms with E-state index < -0.39 is 24.5 Å². The van der Waals surface area contributed by atoms with E-state index in [9.17, 15) is 9.59 Å². The van der Waals surface area contributed by atoms with Gasteiger partial charge in [-0.2, -0.15) is 0 Å². The van der Waals surface area contributed by atoms with E-state index in [-0.39, 0.29) is 0 Å². The van der Waals surface area contributed by atoms with Crippen LogP contribution in [0.25, 0.3) is 0 Å².